The van der Waals surface area contributed by atoms with E-state index in [1.807, 2.05) is 35.7 Å². The summed E-state index contributed by atoms with van der Waals surface area (Å²) in [5.74, 6) is 0.289. The van der Waals surface area contributed by atoms with Crippen LogP contribution in [0.4, 0.5) is 0 Å². The number of carbonyl (C=O) groups is 1. The topological polar surface area (TPSA) is 47.3 Å². The molecule has 4 nitrogen and oxygen atoms in total. The highest BCUT2D eigenvalue weighted by molar-refractivity contribution is 6.30. The van der Waals surface area contributed by atoms with Gasteiger partial charge in [0, 0.05) is 23.2 Å². The van der Waals surface area contributed by atoms with Gasteiger partial charge in [-0.05, 0) is 49.4 Å². The molecule has 5 heteroatoms. The van der Waals surface area contributed by atoms with Crippen LogP contribution in [-0.2, 0) is 6.42 Å². The Balaban J connectivity index is 1.65. The summed E-state index contributed by atoms with van der Waals surface area (Å²) in [5.41, 5.74) is 7.71. The second-order valence-electron chi connectivity index (χ2n) is 7.76. The van der Waals surface area contributed by atoms with E-state index in [2.05, 4.69) is 36.2 Å². The normalized spacial score (nSPS) is 16.2. The average molecular weight is 402 g/mol. The van der Waals surface area contributed by atoms with Gasteiger partial charge >= 0.3 is 0 Å². The molecular formula is C24H20ClN3O. The number of ketones is 1. The number of rotatable bonds is 2. The molecule has 2 aromatic heterocycles. The lowest BCUT2D eigenvalue weighted by Gasteiger charge is -2.24. The third-order valence-corrected chi connectivity index (χ3v) is 6.02. The highest BCUT2D eigenvalue weighted by atomic mass is 35.5. The Labute approximate surface area is 174 Å². The lowest BCUT2D eigenvalue weighted by Crippen LogP contribution is -2.22. The number of carbonyl (C=O) groups excluding carboxylic acids is 1. The lowest BCUT2D eigenvalue weighted by molar-refractivity contribution is 0.0962. The van der Waals surface area contributed by atoms with Crippen molar-refractivity contribution in [2.24, 2.45) is 0 Å². The number of Topliss-reactive ketones (excluding diaryl/α,β-unsaturated/α-hetero) is 1. The van der Waals surface area contributed by atoms with Gasteiger partial charge in [0.15, 0.2) is 11.4 Å². The SMILES string of the molecule is Cc1ccc([C@@H]2CC(=O)c3cnc4c(-c5ccc(Cl)cc5)c(C)nn4c3C2)cc1. The Morgan fingerprint density at radius 2 is 1.72 bits per heavy atom. The van der Waals surface area contributed by atoms with E-state index >= 15 is 0 Å². The minimum absolute atomic E-state index is 0.132. The van der Waals surface area contributed by atoms with Crippen molar-refractivity contribution in [3.05, 3.63) is 87.8 Å². The number of hydrogen-bond donors (Lipinski definition) is 0. The number of halogens is 1. The lowest BCUT2D eigenvalue weighted by atomic mass is 9.82. The van der Waals surface area contributed by atoms with Crippen LogP contribution in [0.3, 0.4) is 0 Å². The van der Waals surface area contributed by atoms with Crippen LogP contribution in [0.25, 0.3) is 16.8 Å². The molecule has 29 heavy (non-hydrogen) atoms. The van der Waals surface area contributed by atoms with Crippen LogP contribution in [0.5, 0.6) is 0 Å². The summed E-state index contributed by atoms with van der Waals surface area (Å²) in [4.78, 5) is 17.5. The van der Waals surface area contributed by atoms with Gasteiger partial charge in [0.05, 0.1) is 17.0 Å². The molecule has 144 valence electrons. The van der Waals surface area contributed by atoms with Crippen molar-refractivity contribution in [3.8, 4) is 11.1 Å². The number of nitrogens with zero attached hydrogens (tertiary/aromatic N) is 3. The maximum absolute atomic E-state index is 12.9. The van der Waals surface area contributed by atoms with E-state index in [9.17, 15) is 4.79 Å². The molecule has 0 radical (unpaired) electrons. The van der Waals surface area contributed by atoms with Crippen LogP contribution in [0.2, 0.25) is 5.02 Å². The zero-order valence-electron chi connectivity index (χ0n) is 16.3. The van der Waals surface area contributed by atoms with E-state index in [0.29, 0.717) is 17.0 Å². The van der Waals surface area contributed by atoms with Gasteiger partial charge in [0.1, 0.15) is 0 Å². The molecule has 1 aliphatic carbocycles. The molecule has 5 rings (SSSR count). The molecule has 4 aromatic rings. The van der Waals surface area contributed by atoms with Gasteiger partial charge < -0.3 is 0 Å². The Kier molecular flexibility index (Phi) is 4.25. The van der Waals surface area contributed by atoms with Crippen LogP contribution < -0.4 is 0 Å². The minimum atomic E-state index is 0.132. The summed E-state index contributed by atoms with van der Waals surface area (Å²) < 4.78 is 1.87. The summed E-state index contributed by atoms with van der Waals surface area (Å²) in [6.07, 6.45) is 3.00. The highest BCUT2D eigenvalue weighted by Gasteiger charge is 2.30. The maximum atomic E-state index is 12.9. The molecule has 0 N–H and O–H groups in total. The first-order valence-corrected chi connectivity index (χ1v) is 10.1. The van der Waals surface area contributed by atoms with Crippen LogP contribution in [-0.4, -0.2) is 20.4 Å². The third kappa shape index (κ3) is 3.04. The molecule has 0 amide bonds. The fraction of sp³-hybridized carbons (Fsp3) is 0.208. The first-order valence-electron chi connectivity index (χ1n) is 9.74. The smallest absolute Gasteiger partial charge is 0.166 e. The van der Waals surface area contributed by atoms with Crippen LogP contribution >= 0.6 is 11.6 Å². The number of aryl methyl sites for hydroxylation is 2. The van der Waals surface area contributed by atoms with E-state index in [-0.39, 0.29) is 11.7 Å². The summed E-state index contributed by atoms with van der Waals surface area (Å²) >= 11 is 6.05. The number of hydrogen-bond acceptors (Lipinski definition) is 3. The number of aromatic nitrogens is 3. The molecule has 0 fully saturated rings. The molecular weight excluding hydrogens is 382 g/mol. The first-order chi connectivity index (χ1) is 14.0. The Morgan fingerprint density at radius 1 is 1.00 bits per heavy atom. The number of fused-ring (bicyclic) bond motifs is 3. The molecule has 0 aliphatic heterocycles. The summed E-state index contributed by atoms with van der Waals surface area (Å²) in [7, 11) is 0. The van der Waals surface area contributed by atoms with Crippen molar-refractivity contribution in [2.45, 2.75) is 32.6 Å². The third-order valence-electron chi connectivity index (χ3n) is 5.77. The maximum Gasteiger partial charge on any atom is 0.166 e. The van der Waals surface area contributed by atoms with Gasteiger partial charge in [0.25, 0.3) is 0 Å². The largest absolute Gasteiger partial charge is 0.294 e. The van der Waals surface area contributed by atoms with Gasteiger partial charge in [-0.25, -0.2) is 9.50 Å². The summed E-state index contributed by atoms with van der Waals surface area (Å²) in [5, 5.41) is 5.47. The van der Waals surface area contributed by atoms with Crippen LogP contribution in [0.1, 0.15) is 45.2 Å². The van der Waals surface area contributed by atoms with E-state index in [1.165, 1.54) is 11.1 Å². The molecule has 0 spiro atoms. The van der Waals surface area contributed by atoms with E-state index in [1.54, 1.807) is 6.20 Å². The Morgan fingerprint density at radius 3 is 2.45 bits per heavy atom. The Hall–Kier alpha value is -2.98. The van der Waals surface area contributed by atoms with E-state index in [4.69, 9.17) is 16.7 Å². The van der Waals surface area contributed by atoms with Gasteiger partial charge in [0.2, 0.25) is 0 Å². The molecule has 0 saturated carbocycles. The first kappa shape index (κ1) is 18.1. The van der Waals surface area contributed by atoms with Crippen molar-refractivity contribution in [1.82, 2.24) is 14.6 Å². The van der Waals surface area contributed by atoms with Crippen molar-refractivity contribution in [3.63, 3.8) is 0 Å². The molecule has 1 aliphatic rings. The fourth-order valence-electron chi connectivity index (χ4n) is 4.23. The second-order valence-corrected chi connectivity index (χ2v) is 8.20. The van der Waals surface area contributed by atoms with Gasteiger partial charge in [-0.15, -0.1) is 0 Å². The van der Waals surface area contributed by atoms with Gasteiger partial charge in [-0.2, -0.15) is 5.10 Å². The predicted molar refractivity (Wildman–Crippen MR) is 115 cm³/mol. The van der Waals surface area contributed by atoms with Crippen LogP contribution in [0, 0.1) is 13.8 Å². The quantitative estimate of drug-likeness (QED) is 0.440. The molecule has 0 unspecified atom stereocenters. The highest BCUT2D eigenvalue weighted by Crippen LogP contribution is 2.35. The molecule has 2 aromatic carbocycles. The Bertz CT molecular complexity index is 1240. The second kappa shape index (κ2) is 6.82. The van der Waals surface area contributed by atoms with E-state index in [0.717, 1.165) is 34.6 Å². The standard InChI is InChI=1S/C24H20ClN3O/c1-14-3-5-16(6-4-14)18-11-21-20(22(29)12-18)13-26-24-23(15(2)27-28(21)24)17-7-9-19(25)10-8-17/h3-10,13,18H,11-12H2,1-2H3/t18-/m0/s1. The molecule has 1 atom stereocenters. The van der Waals surface area contributed by atoms with Crippen molar-refractivity contribution < 1.29 is 4.79 Å². The predicted octanol–water partition coefficient (Wildman–Crippen LogP) is 5.58. The van der Waals surface area contributed by atoms with Crippen molar-refractivity contribution in [1.29, 1.82) is 0 Å². The molecule has 0 bridgehead atoms. The van der Waals surface area contributed by atoms with E-state index < -0.39 is 0 Å². The van der Waals surface area contributed by atoms with Crippen molar-refractivity contribution >= 4 is 23.0 Å². The van der Waals surface area contributed by atoms with Gasteiger partial charge in [-0.3, -0.25) is 4.79 Å². The summed E-state index contributed by atoms with van der Waals surface area (Å²) in [6.45, 7) is 4.05. The summed E-state index contributed by atoms with van der Waals surface area (Å²) in [6, 6.07) is 16.2. The minimum Gasteiger partial charge on any atom is -0.294 e. The number of benzene rings is 2. The van der Waals surface area contributed by atoms with Gasteiger partial charge in [-0.1, -0.05) is 53.6 Å². The van der Waals surface area contributed by atoms with Crippen molar-refractivity contribution in [2.75, 3.05) is 0 Å². The fourth-order valence-corrected chi connectivity index (χ4v) is 4.36. The monoisotopic (exact) mass is 401 g/mol. The van der Waals surface area contributed by atoms with Crippen LogP contribution in [0.15, 0.2) is 54.7 Å². The zero-order chi connectivity index (χ0) is 20.1. The average Bonchev–Trinajstić information content (AvgIpc) is 3.05. The molecule has 2 heterocycles. The zero-order valence-corrected chi connectivity index (χ0v) is 17.1. The molecule has 0 saturated heterocycles.